The molecule has 10 heteroatoms. The number of carbonyl (C=O) groups is 1. The van der Waals surface area contributed by atoms with Gasteiger partial charge in [-0.05, 0) is 35.8 Å². The lowest BCUT2D eigenvalue weighted by molar-refractivity contribution is -0.139. The van der Waals surface area contributed by atoms with E-state index in [-0.39, 0.29) is 12.2 Å². The average Bonchev–Trinajstić information content (AvgIpc) is 3.32. The zero-order valence-electron chi connectivity index (χ0n) is 19.4. The van der Waals surface area contributed by atoms with E-state index >= 15 is 0 Å². The minimum Gasteiger partial charge on any atom is -0.496 e. The number of para-hydroxylation sites is 1. The molecule has 0 saturated heterocycles. The van der Waals surface area contributed by atoms with Gasteiger partial charge in [0.25, 0.3) is 5.56 Å². The molecule has 4 rings (SSSR count). The number of hydrogen-bond acceptors (Lipinski definition) is 8. The zero-order chi connectivity index (χ0) is 24.6. The van der Waals surface area contributed by atoms with E-state index in [0.717, 1.165) is 4.47 Å². The summed E-state index contributed by atoms with van der Waals surface area (Å²) in [5, 5.41) is 0. The van der Waals surface area contributed by atoms with Gasteiger partial charge in [-0.25, -0.2) is 9.79 Å². The highest BCUT2D eigenvalue weighted by molar-refractivity contribution is 9.10. The van der Waals surface area contributed by atoms with Crippen molar-refractivity contribution in [1.29, 1.82) is 0 Å². The summed E-state index contributed by atoms with van der Waals surface area (Å²) < 4.78 is 19.5. The van der Waals surface area contributed by atoms with E-state index in [4.69, 9.17) is 13.9 Å². The first kappa shape index (κ1) is 24.0. The minimum atomic E-state index is -0.741. The van der Waals surface area contributed by atoms with Crippen molar-refractivity contribution >= 4 is 45.2 Å². The van der Waals surface area contributed by atoms with Gasteiger partial charge in [0.2, 0.25) is 5.88 Å². The summed E-state index contributed by atoms with van der Waals surface area (Å²) in [5.74, 6) is 1.21. The highest BCUT2D eigenvalue weighted by atomic mass is 79.9. The number of esters is 1. The van der Waals surface area contributed by atoms with E-state index in [1.807, 2.05) is 37.2 Å². The van der Waals surface area contributed by atoms with Crippen LogP contribution in [0.4, 0.5) is 5.88 Å². The molecule has 1 aromatic carbocycles. The Morgan fingerprint density at radius 2 is 2.09 bits per heavy atom. The van der Waals surface area contributed by atoms with Gasteiger partial charge < -0.3 is 18.8 Å². The molecule has 8 nitrogen and oxygen atoms in total. The Bertz CT molecular complexity index is 1460. The highest BCUT2D eigenvalue weighted by Crippen LogP contribution is 2.35. The van der Waals surface area contributed by atoms with Crippen LogP contribution in [0.25, 0.3) is 6.08 Å². The maximum atomic E-state index is 13.7. The number of methoxy groups -OCH3 is 1. The molecule has 0 amide bonds. The number of carbonyl (C=O) groups excluding carboxylic acids is 1. The second kappa shape index (κ2) is 9.63. The molecule has 1 aliphatic rings. The fourth-order valence-corrected chi connectivity index (χ4v) is 5.55. The van der Waals surface area contributed by atoms with E-state index in [2.05, 4.69) is 20.9 Å². The van der Waals surface area contributed by atoms with Gasteiger partial charge in [-0.3, -0.25) is 9.36 Å². The van der Waals surface area contributed by atoms with Gasteiger partial charge in [0.05, 0.1) is 34.0 Å². The summed E-state index contributed by atoms with van der Waals surface area (Å²) in [5.41, 5.74) is 1.19. The van der Waals surface area contributed by atoms with E-state index in [9.17, 15) is 9.59 Å². The van der Waals surface area contributed by atoms with Crippen LogP contribution in [0.5, 0.6) is 5.75 Å². The number of rotatable bonds is 6. The van der Waals surface area contributed by atoms with Crippen LogP contribution in [0.15, 0.2) is 60.3 Å². The molecule has 0 saturated carbocycles. The van der Waals surface area contributed by atoms with Crippen LogP contribution in [0.1, 0.15) is 31.2 Å². The van der Waals surface area contributed by atoms with Crippen molar-refractivity contribution in [2.24, 2.45) is 4.99 Å². The molecule has 3 aromatic rings. The Balaban J connectivity index is 1.96. The molecule has 0 unspecified atom stereocenters. The monoisotopic (exact) mass is 545 g/mol. The summed E-state index contributed by atoms with van der Waals surface area (Å²) >= 11 is 4.72. The van der Waals surface area contributed by atoms with Gasteiger partial charge in [0, 0.05) is 31.8 Å². The first-order chi connectivity index (χ1) is 16.3. The molecular formula is C24H24BrN3O5S. The summed E-state index contributed by atoms with van der Waals surface area (Å²) in [6, 6.07) is 8.38. The molecule has 0 spiro atoms. The van der Waals surface area contributed by atoms with E-state index in [0.29, 0.717) is 43.6 Å². The van der Waals surface area contributed by atoms with Crippen LogP contribution in [0, 0.1) is 0 Å². The fraction of sp³-hybridized carbons (Fsp3) is 0.292. The molecule has 1 aliphatic heterocycles. The van der Waals surface area contributed by atoms with Crippen molar-refractivity contribution in [2.45, 2.75) is 19.9 Å². The van der Waals surface area contributed by atoms with Crippen LogP contribution in [-0.2, 0) is 9.53 Å². The topological polar surface area (TPSA) is 86.3 Å². The number of thiazole rings is 1. The van der Waals surface area contributed by atoms with Crippen molar-refractivity contribution in [1.82, 2.24) is 4.57 Å². The number of furan rings is 1. The van der Waals surface area contributed by atoms with Crippen LogP contribution in [-0.4, -0.2) is 38.3 Å². The molecule has 0 radical (unpaired) electrons. The Hall–Kier alpha value is -3.11. The van der Waals surface area contributed by atoms with Crippen LogP contribution in [0.2, 0.25) is 0 Å². The number of fused-ring (bicyclic) bond motifs is 1. The predicted octanol–water partition coefficient (Wildman–Crippen LogP) is 3.23. The second-order valence-corrected chi connectivity index (χ2v) is 9.60. The normalized spacial score (nSPS) is 15.7. The third-order valence-corrected chi connectivity index (χ3v) is 6.87. The largest absolute Gasteiger partial charge is 0.496 e. The first-order valence-corrected chi connectivity index (χ1v) is 12.2. The van der Waals surface area contributed by atoms with Gasteiger partial charge in [-0.15, -0.1) is 0 Å². The summed E-state index contributed by atoms with van der Waals surface area (Å²) in [6.07, 6.45) is 1.68. The summed E-state index contributed by atoms with van der Waals surface area (Å²) in [7, 11) is 5.29. The fourth-order valence-electron chi connectivity index (χ4n) is 3.86. The van der Waals surface area contributed by atoms with E-state index in [1.54, 1.807) is 39.2 Å². The SMILES string of the molecule is CCOC(=O)C1=C(C)N=c2s/c(=C/c3cc(Br)c(N(C)C)o3)c(=O)n2[C@@H]1c1ccccc1OC. The molecule has 0 fully saturated rings. The Labute approximate surface area is 208 Å². The molecule has 178 valence electrons. The molecule has 2 aromatic heterocycles. The molecular weight excluding hydrogens is 522 g/mol. The lowest BCUT2D eigenvalue weighted by atomic mass is 9.95. The van der Waals surface area contributed by atoms with Crippen LogP contribution in [0.3, 0.4) is 0 Å². The van der Waals surface area contributed by atoms with Gasteiger partial charge in [0.15, 0.2) is 4.80 Å². The third kappa shape index (κ3) is 4.23. The van der Waals surface area contributed by atoms with Crippen LogP contribution < -0.4 is 24.5 Å². The molecule has 1 atom stereocenters. The first-order valence-electron chi connectivity index (χ1n) is 10.6. The molecule has 0 aliphatic carbocycles. The van der Waals surface area contributed by atoms with Crippen molar-refractivity contribution in [3.8, 4) is 5.75 Å². The summed E-state index contributed by atoms with van der Waals surface area (Å²) in [4.78, 5) is 33.6. The van der Waals surface area contributed by atoms with Gasteiger partial charge in [0.1, 0.15) is 17.6 Å². The van der Waals surface area contributed by atoms with Crippen molar-refractivity contribution in [2.75, 3.05) is 32.7 Å². The van der Waals surface area contributed by atoms with Crippen molar-refractivity contribution in [3.05, 3.63) is 77.1 Å². The Kier molecular flexibility index (Phi) is 6.81. The second-order valence-electron chi connectivity index (χ2n) is 7.74. The van der Waals surface area contributed by atoms with Gasteiger partial charge >= 0.3 is 5.97 Å². The Morgan fingerprint density at radius 3 is 2.74 bits per heavy atom. The highest BCUT2D eigenvalue weighted by Gasteiger charge is 2.35. The van der Waals surface area contributed by atoms with Crippen molar-refractivity contribution < 1.29 is 18.7 Å². The number of benzene rings is 1. The molecule has 0 N–H and O–H groups in total. The van der Waals surface area contributed by atoms with Crippen LogP contribution >= 0.6 is 27.3 Å². The quantitative estimate of drug-likeness (QED) is 0.442. The zero-order valence-corrected chi connectivity index (χ0v) is 21.8. The predicted molar refractivity (Wildman–Crippen MR) is 134 cm³/mol. The number of anilines is 1. The minimum absolute atomic E-state index is 0.209. The summed E-state index contributed by atoms with van der Waals surface area (Å²) in [6.45, 7) is 3.70. The average molecular weight is 546 g/mol. The number of ether oxygens (including phenoxy) is 2. The smallest absolute Gasteiger partial charge is 0.338 e. The van der Waals surface area contributed by atoms with E-state index in [1.165, 1.54) is 15.9 Å². The van der Waals surface area contributed by atoms with E-state index < -0.39 is 12.0 Å². The maximum absolute atomic E-state index is 13.7. The Morgan fingerprint density at radius 1 is 1.35 bits per heavy atom. The number of nitrogens with zero attached hydrogens (tertiary/aromatic N) is 3. The number of allylic oxidation sites excluding steroid dienone is 1. The third-order valence-electron chi connectivity index (χ3n) is 5.32. The molecule has 34 heavy (non-hydrogen) atoms. The van der Waals surface area contributed by atoms with Gasteiger partial charge in [-0.1, -0.05) is 29.5 Å². The standard InChI is InChI=1S/C24H24BrN3O5S/c1-6-32-23(30)19-13(2)26-24-28(20(19)15-9-7-8-10-17(15)31-5)21(29)18(34-24)12-14-11-16(25)22(33-14)27(3)4/h7-12,20H,6H2,1-5H3/b18-12+/t20-/m1/s1. The number of hydrogen-bond donors (Lipinski definition) is 0. The van der Waals surface area contributed by atoms with Gasteiger partial charge in [-0.2, -0.15) is 0 Å². The molecule has 0 bridgehead atoms. The lowest BCUT2D eigenvalue weighted by Crippen LogP contribution is -2.40. The molecule has 3 heterocycles. The number of aromatic nitrogens is 1. The van der Waals surface area contributed by atoms with Crippen molar-refractivity contribution in [3.63, 3.8) is 0 Å². The number of halogens is 1. The lowest BCUT2D eigenvalue weighted by Gasteiger charge is -2.25. The maximum Gasteiger partial charge on any atom is 0.338 e.